The zero-order valence-corrected chi connectivity index (χ0v) is 12.1. The van der Waals surface area contributed by atoms with E-state index in [4.69, 9.17) is 5.11 Å². The lowest BCUT2D eigenvalue weighted by Gasteiger charge is -2.01. The van der Waals surface area contributed by atoms with Gasteiger partial charge in [-0.1, -0.05) is 30.3 Å². The van der Waals surface area contributed by atoms with Crippen LogP contribution in [0.1, 0.15) is 15.2 Å². The molecule has 0 saturated heterocycles. The van der Waals surface area contributed by atoms with Gasteiger partial charge in [-0.05, 0) is 30.2 Å². The SMILES string of the molecule is O=C(O)c1ccc(-c2ccn(CCc3ccccc3)n2)s1. The molecule has 0 fully saturated rings. The molecule has 1 N–H and O–H groups in total. The van der Waals surface area contributed by atoms with Gasteiger partial charge in [0.1, 0.15) is 10.6 Å². The summed E-state index contributed by atoms with van der Waals surface area (Å²) in [7, 11) is 0. The highest BCUT2D eigenvalue weighted by molar-refractivity contribution is 7.17. The first kappa shape index (κ1) is 13.6. The Morgan fingerprint density at radius 3 is 2.67 bits per heavy atom. The van der Waals surface area contributed by atoms with Crippen molar-refractivity contribution in [3.05, 3.63) is 65.2 Å². The average Bonchev–Trinajstić information content (AvgIpc) is 3.15. The Kier molecular flexibility index (Phi) is 3.83. The van der Waals surface area contributed by atoms with E-state index in [0.29, 0.717) is 4.88 Å². The van der Waals surface area contributed by atoms with Crippen LogP contribution in [0.4, 0.5) is 0 Å². The first-order valence-electron chi connectivity index (χ1n) is 6.63. The summed E-state index contributed by atoms with van der Waals surface area (Å²) in [5.74, 6) is -0.894. The van der Waals surface area contributed by atoms with Gasteiger partial charge in [0.2, 0.25) is 0 Å². The van der Waals surface area contributed by atoms with E-state index in [1.165, 1.54) is 16.9 Å². The molecule has 0 unspecified atom stereocenters. The molecule has 4 nitrogen and oxygen atoms in total. The normalized spacial score (nSPS) is 10.7. The summed E-state index contributed by atoms with van der Waals surface area (Å²) >= 11 is 1.25. The van der Waals surface area contributed by atoms with Crippen LogP contribution >= 0.6 is 11.3 Å². The molecule has 2 heterocycles. The minimum absolute atomic E-state index is 0.337. The fraction of sp³-hybridized carbons (Fsp3) is 0.125. The lowest BCUT2D eigenvalue weighted by atomic mass is 10.2. The number of carboxylic acids is 1. The maximum atomic E-state index is 10.9. The largest absolute Gasteiger partial charge is 0.477 e. The van der Waals surface area contributed by atoms with Crippen LogP contribution in [0.15, 0.2) is 54.7 Å². The lowest BCUT2D eigenvalue weighted by Crippen LogP contribution is -2.01. The molecule has 0 atom stereocenters. The van der Waals surface area contributed by atoms with E-state index in [-0.39, 0.29) is 0 Å². The van der Waals surface area contributed by atoms with Gasteiger partial charge in [0.25, 0.3) is 0 Å². The summed E-state index contributed by atoms with van der Waals surface area (Å²) in [5.41, 5.74) is 2.10. The number of carboxylic acid groups (broad SMARTS) is 1. The van der Waals surface area contributed by atoms with Gasteiger partial charge >= 0.3 is 5.97 Å². The Balaban J connectivity index is 1.69. The Labute approximate surface area is 126 Å². The van der Waals surface area contributed by atoms with E-state index in [1.54, 1.807) is 12.1 Å². The lowest BCUT2D eigenvalue weighted by molar-refractivity contribution is 0.0702. The molecule has 0 aliphatic heterocycles. The monoisotopic (exact) mass is 298 g/mol. The average molecular weight is 298 g/mol. The van der Waals surface area contributed by atoms with Gasteiger partial charge < -0.3 is 5.11 Å². The summed E-state index contributed by atoms with van der Waals surface area (Å²) in [6.45, 7) is 0.807. The third kappa shape index (κ3) is 3.20. The summed E-state index contributed by atoms with van der Waals surface area (Å²) in [5, 5.41) is 13.4. The molecule has 0 aliphatic carbocycles. The number of carbonyl (C=O) groups is 1. The zero-order valence-electron chi connectivity index (χ0n) is 11.3. The molecule has 21 heavy (non-hydrogen) atoms. The molecule has 0 spiro atoms. The second kappa shape index (κ2) is 5.93. The number of hydrogen-bond donors (Lipinski definition) is 1. The third-order valence-corrected chi connectivity index (χ3v) is 4.28. The Morgan fingerprint density at radius 1 is 1.14 bits per heavy atom. The van der Waals surface area contributed by atoms with E-state index in [0.717, 1.165) is 23.5 Å². The predicted octanol–water partition coefficient (Wildman–Crippen LogP) is 3.55. The zero-order chi connectivity index (χ0) is 14.7. The standard InChI is InChI=1S/C16H14N2O2S/c19-16(20)15-7-6-14(21-15)13-9-11-18(17-13)10-8-12-4-2-1-3-5-12/h1-7,9,11H,8,10H2,(H,19,20). The van der Waals surface area contributed by atoms with E-state index in [2.05, 4.69) is 17.2 Å². The fourth-order valence-electron chi connectivity index (χ4n) is 2.10. The molecule has 0 radical (unpaired) electrons. The number of benzene rings is 1. The molecular formula is C16H14N2O2S. The molecule has 106 valence electrons. The minimum Gasteiger partial charge on any atom is -0.477 e. The molecule has 0 bridgehead atoms. The van der Waals surface area contributed by atoms with E-state index >= 15 is 0 Å². The number of aromatic nitrogens is 2. The van der Waals surface area contributed by atoms with Crippen LogP contribution in [0.2, 0.25) is 0 Å². The van der Waals surface area contributed by atoms with Gasteiger partial charge in [0.15, 0.2) is 0 Å². The van der Waals surface area contributed by atoms with E-state index in [1.807, 2.05) is 35.1 Å². The van der Waals surface area contributed by atoms with Crippen molar-refractivity contribution >= 4 is 17.3 Å². The van der Waals surface area contributed by atoms with Crippen LogP contribution in [0.25, 0.3) is 10.6 Å². The maximum Gasteiger partial charge on any atom is 0.345 e. The molecule has 1 aromatic carbocycles. The number of aromatic carboxylic acids is 1. The van der Waals surface area contributed by atoms with E-state index in [9.17, 15) is 4.79 Å². The second-order valence-electron chi connectivity index (χ2n) is 4.67. The summed E-state index contributed by atoms with van der Waals surface area (Å²) in [6, 6.07) is 15.6. The van der Waals surface area contributed by atoms with Crippen LogP contribution in [0, 0.1) is 0 Å². The van der Waals surface area contributed by atoms with Crippen molar-refractivity contribution in [2.75, 3.05) is 0 Å². The Morgan fingerprint density at radius 2 is 1.95 bits per heavy atom. The van der Waals surface area contributed by atoms with Gasteiger partial charge in [0, 0.05) is 12.7 Å². The highest BCUT2D eigenvalue weighted by Crippen LogP contribution is 2.26. The smallest absolute Gasteiger partial charge is 0.345 e. The molecular weight excluding hydrogens is 284 g/mol. The van der Waals surface area contributed by atoms with E-state index < -0.39 is 5.97 Å². The molecule has 3 rings (SSSR count). The highest BCUT2D eigenvalue weighted by Gasteiger charge is 2.10. The second-order valence-corrected chi connectivity index (χ2v) is 5.75. The predicted molar refractivity (Wildman–Crippen MR) is 82.6 cm³/mol. The number of hydrogen-bond acceptors (Lipinski definition) is 3. The molecule has 2 aromatic heterocycles. The number of thiophene rings is 1. The van der Waals surface area contributed by atoms with Gasteiger partial charge in [-0.3, -0.25) is 4.68 Å². The minimum atomic E-state index is -0.894. The van der Waals surface area contributed by atoms with Gasteiger partial charge in [-0.15, -0.1) is 11.3 Å². The molecule has 0 saturated carbocycles. The van der Waals surface area contributed by atoms with Gasteiger partial charge in [-0.2, -0.15) is 5.10 Å². The van der Waals surface area contributed by atoms with Crippen LogP contribution in [0.5, 0.6) is 0 Å². The first-order valence-corrected chi connectivity index (χ1v) is 7.45. The topological polar surface area (TPSA) is 55.1 Å². The summed E-state index contributed by atoms with van der Waals surface area (Å²) < 4.78 is 1.89. The van der Waals surface area contributed by atoms with Crippen LogP contribution in [-0.2, 0) is 13.0 Å². The third-order valence-electron chi connectivity index (χ3n) is 3.18. The van der Waals surface area contributed by atoms with Gasteiger partial charge in [-0.25, -0.2) is 4.79 Å². The Bertz CT molecular complexity index is 746. The van der Waals surface area contributed by atoms with Gasteiger partial charge in [0.05, 0.1) is 4.88 Å². The molecule has 3 aromatic rings. The number of aryl methyl sites for hydroxylation is 2. The fourth-order valence-corrected chi connectivity index (χ4v) is 2.91. The molecule has 0 amide bonds. The van der Waals surface area contributed by atoms with Crippen molar-refractivity contribution in [3.63, 3.8) is 0 Å². The molecule has 5 heteroatoms. The van der Waals surface area contributed by atoms with Crippen molar-refractivity contribution in [2.45, 2.75) is 13.0 Å². The van der Waals surface area contributed by atoms with Crippen molar-refractivity contribution < 1.29 is 9.90 Å². The van der Waals surface area contributed by atoms with Crippen molar-refractivity contribution in [2.24, 2.45) is 0 Å². The summed E-state index contributed by atoms with van der Waals surface area (Å²) in [4.78, 5) is 12.1. The maximum absolute atomic E-state index is 10.9. The summed E-state index contributed by atoms with van der Waals surface area (Å²) in [6.07, 6.45) is 2.85. The van der Waals surface area contributed by atoms with Crippen LogP contribution in [0.3, 0.4) is 0 Å². The van der Waals surface area contributed by atoms with Crippen molar-refractivity contribution in [3.8, 4) is 10.6 Å². The Hall–Kier alpha value is -2.40. The first-order chi connectivity index (χ1) is 10.2. The van der Waals surface area contributed by atoms with Crippen molar-refractivity contribution in [1.82, 2.24) is 9.78 Å². The van der Waals surface area contributed by atoms with Crippen LogP contribution < -0.4 is 0 Å². The highest BCUT2D eigenvalue weighted by atomic mass is 32.1. The number of rotatable bonds is 5. The van der Waals surface area contributed by atoms with Crippen LogP contribution in [-0.4, -0.2) is 20.9 Å². The van der Waals surface area contributed by atoms with Crippen molar-refractivity contribution in [1.29, 1.82) is 0 Å². The quantitative estimate of drug-likeness (QED) is 0.783. The molecule has 0 aliphatic rings. The number of nitrogens with zero attached hydrogens (tertiary/aromatic N) is 2.